The van der Waals surface area contributed by atoms with Crippen LogP contribution in [0.15, 0.2) is 59.7 Å². The van der Waals surface area contributed by atoms with Gasteiger partial charge in [-0.2, -0.15) is 5.10 Å². The van der Waals surface area contributed by atoms with E-state index in [4.69, 9.17) is 11.6 Å². The predicted molar refractivity (Wildman–Crippen MR) is 129 cm³/mol. The van der Waals surface area contributed by atoms with Crippen molar-refractivity contribution in [3.63, 3.8) is 0 Å². The van der Waals surface area contributed by atoms with Crippen molar-refractivity contribution in [2.24, 2.45) is 5.10 Å². The summed E-state index contributed by atoms with van der Waals surface area (Å²) in [4.78, 5) is 12.4. The van der Waals surface area contributed by atoms with E-state index in [0.717, 1.165) is 38.8 Å². The Morgan fingerprint density at radius 1 is 1.12 bits per heavy atom. The minimum Gasteiger partial charge on any atom is -0.318 e. The molecule has 0 bridgehead atoms. The fourth-order valence-electron chi connectivity index (χ4n) is 3.37. The van der Waals surface area contributed by atoms with Crippen molar-refractivity contribution < 1.29 is 13.2 Å². The quantitative estimate of drug-likeness (QED) is 0.417. The zero-order chi connectivity index (χ0) is 23.5. The van der Waals surface area contributed by atoms with Crippen molar-refractivity contribution in [2.45, 2.75) is 20.8 Å². The maximum absolute atomic E-state index is 12.4. The third-order valence-corrected chi connectivity index (χ3v) is 6.56. The van der Waals surface area contributed by atoms with Crippen molar-refractivity contribution in [2.75, 3.05) is 17.1 Å². The number of aromatic nitrogens is 1. The lowest BCUT2D eigenvalue weighted by molar-refractivity contribution is -0.119. The number of hydrogen-bond acceptors (Lipinski definition) is 4. The smallest absolute Gasteiger partial charge is 0.260 e. The molecule has 9 heteroatoms. The minimum absolute atomic E-state index is 0.314. The van der Waals surface area contributed by atoms with Gasteiger partial charge in [0, 0.05) is 27.7 Å². The largest absolute Gasteiger partial charge is 0.318 e. The molecule has 1 aromatic heterocycles. The highest BCUT2D eigenvalue weighted by Crippen LogP contribution is 2.24. The molecule has 0 aliphatic heterocycles. The van der Waals surface area contributed by atoms with Gasteiger partial charge in [-0.05, 0) is 56.7 Å². The molecule has 2 aromatic carbocycles. The first kappa shape index (κ1) is 23.6. The molecule has 3 rings (SSSR count). The van der Waals surface area contributed by atoms with Gasteiger partial charge in [-0.25, -0.2) is 13.8 Å². The van der Waals surface area contributed by atoms with Gasteiger partial charge in [-0.1, -0.05) is 35.9 Å². The van der Waals surface area contributed by atoms with Crippen LogP contribution in [0, 0.1) is 20.8 Å². The van der Waals surface area contributed by atoms with Gasteiger partial charge in [0.15, 0.2) is 0 Å². The summed E-state index contributed by atoms with van der Waals surface area (Å²) < 4.78 is 27.6. The van der Waals surface area contributed by atoms with Gasteiger partial charge >= 0.3 is 0 Å². The lowest BCUT2D eigenvalue weighted by Crippen LogP contribution is -2.39. The Balaban J connectivity index is 1.74. The highest BCUT2D eigenvalue weighted by molar-refractivity contribution is 7.92. The number of nitrogens with one attached hydrogen (secondary N) is 1. The standard InChI is InChI=1S/C23H25ClN4O3S/c1-16-10-11-21(13-22(16)24)27(32(4,30)31)15-23(29)26-25-14-19-12-17(2)28(18(19)3)20-8-6-5-7-9-20/h5-14H,15H2,1-4H3,(H,26,29)/b25-14-. The first-order valence-corrected chi connectivity index (χ1v) is 12.1. The molecule has 0 aliphatic rings. The molecule has 1 amide bonds. The van der Waals surface area contributed by atoms with E-state index < -0.39 is 22.5 Å². The van der Waals surface area contributed by atoms with Gasteiger partial charge in [0.2, 0.25) is 10.0 Å². The summed E-state index contributed by atoms with van der Waals surface area (Å²) in [6, 6.07) is 16.7. The van der Waals surface area contributed by atoms with Gasteiger partial charge in [-0.3, -0.25) is 9.10 Å². The molecule has 0 radical (unpaired) electrons. The average Bonchev–Trinajstić information content (AvgIpc) is 3.01. The molecule has 1 heterocycles. The third kappa shape index (κ3) is 5.38. The molecule has 0 fully saturated rings. The van der Waals surface area contributed by atoms with Crippen LogP contribution in [0.3, 0.4) is 0 Å². The number of nitrogens with zero attached hydrogens (tertiary/aromatic N) is 3. The molecule has 0 saturated heterocycles. The Hall–Kier alpha value is -3.10. The Morgan fingerprint density at radius 3 is 2.44 bits per heavy atom. The van der Waals surface area contributed by atoms with E-state index in [-0.39, 0.29) is 0 Å². The van der Waals surface area contributed by atoms with E-state index >= 15 is 0 Å². The molecule has 168 valence electrons. The number of hydrazone groups is 1. The van der Waals surface area contributed by atoms with E-state index in [1.165, 1.54) is 6.07 Å². The molecule has 1 N–H and O–H groups in total. The Morgan fingerprint density at radius 2 is 1.81 bits per heavy atom. The predicted octanol–water partition coefficient (Wildman–Crippen LogP) is 3.97. The van der Waals surface area contributed by atoms with Crippen molar-refractivity contribution in [3.8, 4) is 5.69 Å². The second kappa shape index (κ2) is 9.58. The van der Waals surface area contributed by atoms with Crippen LogP contribution in [0.4, 0.5) is 5.69 Å². The molecule has 7 nitrogen and oxygen atoms in total. The zero-order valence-electron chi connectivity index (χ0n) is 18.3. The summed E-state index contributed by atoms with van der Waals surface area (Å²) in [7, 11) is -3.70. The molecular weight excluding hydrogens is 448 g/mol. The van der Waals surface area contributed by atoms with Crippen LogP contribution in [-0.2, 0) is 14.8 Å². The van der Waals surface area contributed by atoms with E-state index in [0.29, 0.717) is 10.7 Å². The number of benzene rings is 2. The molecule has 0 spiro atoms. The number of hydrogen-bond donors (Lipinski definition) is 1. The summed E-state index contributed by atoms with van der Waals surface area (Å²) in [5.74, 6) is -0.569. The second-order valence-corrected chi connectivity index (χ2v) is 9.81. The topological polar surface area (TPSA) is 83.8 Å². The molecular formula is C23H25ClN4O3S. The number of carbonyl (C=O) groups excluding carboxylic acids is 1. The monoisotopic (exact) mass is 472 g/mol. The van der Waals surface area contributed by atoms with Crippen molar-refractivity contribution >= 4 is 39.4 Å². The van der Waals surface area contributed by atoms with Crippen LogP contribution in [0.25, 0.3) is 5.69 Å². The van der Waals surface area contributed by atoms with Crippen LogP contribution in [0.1, 0.15) is 22.5 Å². The van der Waals surface area contributed by atoms with Crippen molar-refractivity contribution in [1.29, 1.82) is 0 Å². The fraction of sp³-hybridized carbons (Fsp3) is 0.217. The first-order chi connectivity index (χ1) is 15.1. The number of halogens is 1. The molecule has 32 heavy (non-hydrogen) atoms. The van der Waals surface area contributed by atoms with Gasteiger partial charge in [0.05, 0.1) is 18.2 Å². The third-order valence-electron chi connectivity index (χ3n) is 5.01. The average molecular weight is 473 g/mol. The summed E-state index contributed by atoms with van der Waals surface area (Å²) in [6.45, 7) is 5.36. The summed E-state index contributed by atoms with van der Waals surface area (Å²) in [6.07, 6.45) is 2.59. The number of anilines is 1. The zero-order valence-corrected chi connectivity index (χ0v) is 19.9. The van der Waals surface area contributed by atoms with Gasteiger partial charge in [0.25, 0.3) is 5.91 Å². The Labute approximate surface area is 193 Å². The van der Waals surface area contributed by atoms with E-state index in [9.17, 15) is 13.2 Å². The summed E-state index contributed by atoms with van der Waals surface area (Å²) >= 11 is 6.12. The van der Waals surface area contributed by atoms with Gasteiger partial charge in [0.1, 0.15) is 6.54 Å². The number of rotatable bonds is 7. The number of amides is 1. The Kier molecular flexibility index (Phi) is 7.06. The lowest BCUT2D eigenvalue weighted by atomic mass is 10.2. The second-order valence-electron chi connectivity index (χ2n) is 7.49. The van der Waals surface area contributed by atoms with Crippen LogP contribution in [-0.4, -0.2) is 37.9 Å². The van der Waals surface area contributed by atoms with Gasteiger partial charge in [-0.15, -0.1) is 0 Å². The number of carbonyl (C=O) groups is 1. The highest BCUT2D eigenvalue weighted by atomic mass is 35.5. The van der Waals surface area contributed by atoms with E-state index in [2.05, 4.69) is 15.1 Å². The summed E-state index contributed by atoms with van der Waals surface area (Å²) in [5.41, 5.74) is 7.41. The van der Waals surface area contributed by atoms with E-state index in [1.54, 1.807) is 18.3 Å². The first-order valence-electron chi connectivity index (χ1n) is 9.88. The van der Waals surface area contributed by atoms with Crippen LogP contribution in [0.5, 0.6) is 0 Å². The number of para-hydroxylation sites is 1. The molecule has 0 atom stereocenters. The Bertz CT molecular complexity index is 1270. The number of sulfonamides is 1. The van der Waals surface area contributed by atoms with Gasteiger partial charge < -0.3 is 4.57 Å². The normalized spacial score (nSPS) is 11.7. The molecule has 0 saturated carbocycles. The van der Waals surface area contributed by atoms with Crippen molar-refractivity contribution in [1.82, 2.24) is 9.99 Å². The fourth-order valence-corrected chi connectivity index (χ4v) is 4.39. The molecule has 0 aliphatic carbocycles. The van der Waals surface area contributed by atoms with Crippen LogP contribution < -0.4 is 9.73 Å². The number of aryl methyl sites for hydroxylation is 2. The van der Waals surface area contributed by atoms with E-state index in [1.807, 2.05) is 57.2 Å². The van der Waals surface area contributed by atoms with Crippen LogP contribution >= 0.6 is 11.6 Å². The maximum atomic E-state index is 12.4. The lowest BCUT2D eigenvalue weighted by Gasteiger charge is -2.21. The minimum atomic E-state index is -3.70. The van der Waals surface area contributed by atoms with Crippen LogP contribution in [0.2, 0.25) is 5.02 Å². The maximum Gasteiger partial charge on any atom is 0.260 e. The molecule has 0 unspecified atom stereocenters. The summed E-state index contributed by atoms with van der Waals surface area (Å²) in [5, 5.41) is 4.45. The SMILES string of the molecule is Cc1ccc(N(CC(=O)N/N=C\c2cc(C)n(-c3ccccc3)c2C)S(C)(=O)=O)cc1Cl. The highest BCUT2D eigenvalue weighted by Gasteiger charge is 2.21. The molecule has 3 aromatic rings. The van der Waals surface area contributed by atoms with Crippen molar-refractivity contribution in [3.05, 3.63) is 82.1 Å².